The molecule has 0 saturated heterocycles. The Morgan fingerprint density at radius 3 is 1.80 bits per heavy atom. The Morgan fingerprint density at radius 2 is 1.24 bits per heavy atom. The molecule has 0 spiro atoms. The van der Waals surface area contributed by atoms with Crippen LogP contribution in [0.3, 0.4) is 0 Å². The first-order valence-corrected chi connectivity index (χ1v) is 20.2. The molecule has 0 aromatic heterocycles. The molecule has 0 aliphatic heterocycles. The monoisotopic (exact) mass is 674 g/mol. The first kappa shape index (κ1) is 45.0. The molecule has 8 nitrogen and oxygen atoms in total. The van der Waals surface area contributed by atoms with Crippen LogP contribution in [0.15, 0.2) is 24.3 Å². The average Bonchev–Trinajstić information content (AvgIpc) is 2.99. The number of likely N-dealkylation sites (N-methyl/N-ethyl adjacent to an activating group) is 1. The Hall–Kier alpha value is -1.02. The van der Waals surface area contributed by atoms with Crippen LogP contribution in [-0.2, 0) is 18.4 Å². The van der Waals surface area contributed by atoms with E-state index in [1.54, 1.807) is 0 Å². The van der Waals surface area contributed by atoms with E-state index >= 15 is 0 Å². The number of allylic oxidation sites excluding steroid dienone is 4. The third kappa shape index (κ3) is 31.6. The van der Waals surface area contributed by atoms with Gasteiger partial charge in [0.1, 0.15) is 13.2 Å². The molecular formula is C37H74N2O6P+. The molecule has 0 bridgehead atoms. The quantitative estimate of drug-likeness (QED) is 0.0278. The molecule has 272 valence electrons. The van der Waals surface area contributed by atoms with Crippen molar-refractivity contribution >= 4 is 13.7 Å². The second kappa shape index (κ2) is 30.1. The first-order valence-electron chi connectivity index (χ1n) is 18.7. The zero-order valence-electron chi connectivity index (χ0n) is 30.6. The molecule has 0 aromatic rings. The van der Waals surface area contributed by atoms with Crippen LogP contribution in [0.1, 0.15) is 155 Å². The summed E-state index contributed by atoms with van der Waals surface area (Å²) in [6.07, 6.45) is 32.2. The van der Waals surface area contributed by atoms with E-state index in [1.807, 2.05) is 21.1 Å². The van der Waals surface area contributed by atoms with Crippen molar-refractivity contribution in [2.75, 3.05) is 40.9 Å². The molecule has 0 radical (unpaired) electrons. The van der Waals surface area contributed by atoms with Crippen molar-refractivity contribution < 1.29 is 32.9 Å². The second-order valence-electron chi connectivity index (χ2n) is 14.0. The van der Waals surface area contributed by atoms with Crippen LogP contribution in [0.5, 0.6) is 0 Å². The van der Waals surface area contributed by atoms with Gasteiger partial charge in [-0.1, -0.05) is 128 Å². The number of phosphoric ester groups is 1. The number of hydrogen-bond acceptors (Lipinski definition) is 5. The molecule has 0 heterocycles. The van der Waals surface area contributed by atoms with Gasteiger partial charge < -0.3 is 19.8 Å². The predicted octanol–water partition coefficient (Wildman–Crippen LogP) is 9.41. The molecule has 0 rings (SSSR count). The largest absolute Gasteiger partial charge is 0.472 e. The van der Waals surface area contributed by atoms with Gasteiger partial charge in [0, 0.05) is 6.42 Å². The highest BCUT2D eigenvalue weighted by Gasteiger charge is 2.28. The Kier molecular flexibility index (Phi) is 29.4. The number of phosphoric acid groups is 1. The lowest BCUT2D eigenvalue weighted by molar-refractivity contribution is -0.870. The summed E-state index contributed by atoms with van der Waals surface area (Å²) in [4.78, 5) is 22.9. The number of nitrogens with one attached hydrogen (secondary N) is 1. The fraction of sp³-hybridized carbons (Fsp3) is 0.865. The Morgan fingerprint density at radius 1 is 0.739 bits per heavy atom. The zero-order valence-corrected chi connectivity index (χ0v) is 31.5. The highest BCUT2D eigenvalue weighted by molar-refractivity contribution is 7.47. The van der Waals surface area contributed by atoms with Gasteiger partial charge in [0.2, 0.25) is 5.91 Å². The SMILES string of the molecule is CCCCCC/C=C\C/C=C\CCCCCCCCCC(=O)NC(COP(=O)(O)OCC[N+](C)(C)C)C(O)CCCCCCCC. The van der Waals surface area contributed by atoms with Crippen LogP contribution in [0.4, 0.5) is 0 Å². The van der Waals surface area contributed by atoms with Crippen LogP contribution < -0.4 is 5.32 Å². The van der Waals surface area contributed by atoms with E-state index in [4.69, 9.17) is 9.05 Å². The summed E-state index contributed by atoms with van der Waals surface area (Å²) in [5, 5.41) is 13.7. The van der Waals surface area contributed by atoms with Crippen LogP contribution in [0, 0.1) is 0 Å². The highest BCUT2D eigenvalue weighted by atomic mass is 31.2. The van der Waals surface area contributed by atoms with Crippen molar-refractivity contribution in [2.24, 2.45) is 0 Å². The normalized spacial score (nSPS) is 15.0. The van der Waals surface area contributed by atoms with Gasteiger partial charge in [-0.05, 0) is 44.9 Å². The summed E-state index contributed by atoms with van der Waals surface area (Å²) in [6, 6.07) is -0.758. The molecule has 46 heavy (non-hydrogen) atoms. The van der Waals surface area contributed by atoms with Gasteiger partial charge in [-0.25, -0.2) is 4.57 Å². The van der Waals surface area contributed by atoms with Gasteiger partial charge in [-0.15, -0.1) is 0 Å². The van der Waals surface area contributed by atoms with Crippen molar-refractivity contribution in [3.63, 3.8) is 0 Å². The van der Waals surface area contributed by atoms with Crippen molar-refractivity contribution in [1.82, 2.24) is 5.32 Å². The Balaban J connectivity index is 4.29. The van der Waals surface area contributed by atoms with Gasteiger partial charge in [-0.3, -0.25) is 13.8 Å². The number of carbonyl (C=O) groups excluding carboxylic acids is 1. The van der Waals surface area contributed by atoms with Crippen LogP contribution in [0.2, 0.25) is 0 Å². The van der Waals surface area contributed by atoms with Gasteiger partial charge in [0.05, 0.1) is 39.9 Å². The van der Waals surface area contributed by atoms with Crippen molar-refractivity contribution in [2.45, 2.75) is 167 Å². The number of aliphatic hydroxyl groups excluding tert-OH is 1. The number of hydrogen-bond donors (Lipinski definition) is 3. The van der Waals surface area contributed by atoms with E-state index < -0.39 is 20.0 Å². The molecule has 3 atom stereocenters. The highest BCUT2D eigenvalue weighted by Crippen LogP contribution is 2.43. The minimum Gasteiger partial charge on any atom is -0.391 e. The molecular weight excluding hydrogens is 599 g/mol. The van der Waals surface area contributed by atoms with Crippen molar-refractivity contribution in [3.05, 3.63) is 24.3 Å². The number of aliphatic hydroxyl groups is 1. The summed E-state index contributed by atoms with van der Waals surface area (Å²) in [5.41, 5.74) is 0. The molecule has 3 unspecified atom stereocenters. The Bertz CT molecular complexity index is 814. The predicted molar refractivity (Wildman–Crippen MR) is 194 cm³/mol. The third-order valence-electron chi connectivity index (χ3n) is 8.20. The van der Waals surface area contributed by atoms with Crippen LogP contribution in [-0.4, -0.2) is 73.4 Å². The molecule has 1 amide bonds. The lowest BCUT2D eigenvalue weighted by Gasteiger charge is -2.26. The summed E-state index contributed by atoms with van der Waals surface area (Å²) in [6.45, 7) is 4.77. The molecule has 0 aliphatic carbocycles. The van der Waals surface area contributed by atoms with Gasteiger partial charge in [0.25, 0.3) is 0 Å². The fourth-order valence-electron chi connectivity index (χ4n) is 5.13. The molecule has 3 N–H and O–H groups in total. The first-order chi connectivity index (χ1) is 22.0. The summed E-state index contributed by atoms with van der Waals surface area (Å²) in [7, 11) is 1.60. The average molecular weight is 674 g/mol. The lowest BCUT2D eigenvalue weighted by atomic mass is 10.0. The Labute approximate surface area is 284 Å². The maximum absolute atomic E-state index is 12.7. The maximum Gasteiger partial charge on any atom is 0.472 e. The maximum atomic E-state index is 12.7. The fourth-order valence-corrected chi connectivity index (χ4v) is 5.87. The van der Waals surface area contributed by atoms with Crippen molar-refractivity contribution in [3.8, 4) is 0 Å². The van der Waals surface area contributed by atoms with Gasteiger partial charge in [0.15, 0.2) is 0 Å². The number of quaternary nitrogens is 1. The summed E-state index contributed by atoms with van der Waals surface area (Å²) < 4.78 is 23.4. The minimum absolute atomic E-state index is 0.0723. The minimum atomic E-state index is -4.30. The third-order valence-corrected chi connectivity index (χ3v) is 9.19. The van der Waals surface area contributed by atoms with Crippen LogP contribution >= 0.6 is 7.82 Å². The number of carbonyl (C=O) groups is 1. The number of unbranched alkanes of at least 4 members (excludes halogenated alkanes) is 16. The summed E-state index contributed by atoms with van der Waals surface area (Å²) >= 11 is 0. The number of rotatable bonds is 33. The smallest absolute Gasteiger partial charge is 0.391 e. The van der Waals surface area contributed by atoms with E-state index in [2.05, 4.69) is 43.5 Å². The van der Waals surface area contributed by atoms with Gasteiger partial charge >= 0.3 is 7.82 Å². The molecule has 9 heteroatoms. The van der Waals surface area contributed by atoms with E-state index in [0.717, 1.165) is 51.4 Å². The van der Waals surface area contributed by atoms with E-state index in [0.29, 0.717) is 23.9 Å². The van der Waals surface area contributed by atoms with Gasteiger partial charge in [-0.2, -0.15) is 0 Å². The number of nitrogens with zero attached hydrogens (tertiary/aromatic N) is 1. The van der Waals surface area contributed by atoms with Crippen molar-refractivity contribution in [1.29, 1.82) is 0 Å². The van der Waals surface area contributed by atoms with E-state index in [-0.39, 0.29) is 19.1 Å². The number of amides is 1. The standard InChI is InChI=1S/C37H73N2O6P/c1-6-8-10-12-14-15-16-17-18-19-20-21-22-23-24-25-27-29-31-37(41)38-35(36(40)30-28-26-13-11-9-7-2)34-45-46(42,43)44-33-32-39(3,4)5/h15-16,18-19,35-36,40H,6-14,17,20-34H2,1-5H3,(H-,38,41,42,43)/p+1/b16-15-,19-18-. The topological polar surface area (TPSA) is 105 Å². The molecule has 0 fully saturated rings. The molecule has 0 aliphatic rings. The lowest BCUT2D eigenvalue weighted by Crippen LogP contribution is -2.46. The molecule has 0 aromatic carbocycles. The second-order valence-corrected chi connectivity index (χ2v) is 15.4. The molecule has 0 saturated carbocycles. The van der Waals surface area contributed by atoms with E-state index in [1.165, 1.54) is 77.0 Å². The summed E-state index contributed by atoms with van der Waals surface area (Å²) in [5.74, 6) is -0.160. The zero-order chi connectivity index (χ0) is 34.4. The van der Waals surface area contributed by atoms with Crippen LogP contribution in [0.25, 0.3) is 0 Å². The van der Waals surface area contributed by atoms with E-state index in [9.17, 15) is 19.4 Å².